The summed E-state index contributed by atoms with van der Waals surface area (Å²) >= 11 is 0. The van der Waals surface area contributed by atoms with Crippen LogP contribution in [0.2, 0.25) is 0 Å². The molecule has 5 amide bonds. The Morgan fingerprint density at radius 2 is 0.419 bits per heavy atom. The van der Waals surface area contributed by atoms with Gasteiger partial charge in [-0.1, -0.05) is 104 Å². The number of hydrogen-bond donors (Lipinski definition) is 3. The molecular weight excluding hydrogens is 1590 g/mol. The van der Waals surface area contributed by atoms with Gasteiger partial charge in [-0.05, 0) is 179 Å². The van der Waals surface area contributed by atoms with Crippen LogP contribution in [0.25, 0.3) is 0 Å². The van der Waals surface area contributed by atoms with Gasteiger partial charge in [-0.25, -0.2) is 0 Å². The molecule has 0 saturated carbocycles. The van der Waals surface area contributed by atoms with E-state index in [2.05, 4.69) is 180 Å². The maximum atomic E-state index is 12.9. The lowest BCUT2D eigenvalue weighted by atomic mass is 9.94. The summed E-state index contributed by atoms with van der Waals surface area (Å²) in [6, 6.07) is 0. The number of esters is 1. The number of aliphatic carboxylic acids is 1. The second kappa shape index (κ2) is 66.1. The number of rotatable bonds is 55. The molecule has 0 spiro atoms. The highest BCUT2D eigenvalue weighted by Gasteiger charge is 2.34. The standard InChI is InChI=1S/C28H58N2O9.C17H37N3O.C17H34N2O3.C16H34N2O3.C16H32N2O3/c1-27(2,3)26(32)30(9-8-29(7)28(4,5)6)10-12-33-14-16-35-18-20-37-22-24-39-25-23-38-21-19-36-17-15-34-13-11-31;1-16(2,3)15(21)20(12-10-11-18(7)8)14-13-19(9)17(4,5)6;1-16(2,3)15(21)19(11-9-10-14(20)22-8)13-12-18(7)17(4,5)6;1-15(2,3)14(20)18(10-12-21-13-11-19)9-8-17(7)16(4,5)6;1-15(2,3)14(21)18(10-8-9-13(19)20)12-11-17(7)16(4,5)6/h31H,8-25H2,1-7H3;10-14H2,1-9H3;9-13H2,1-8H3;19H,8-13H2,1-7H3;8-12H2,1-7H3,(H,19,20). The molecule has 30 nitrogen and oxygen atoms in total. The summed E-state index contributed by atoms with van der Waals surface area (Å²) in [5.74, 6) is -0.309. The van der Waals surface area contributed by atoms with Crippen LogP contribution in [0.1, 0.15) is 240 Å². The van der Waals surface area contributed by atoms with Gasteiger partial charge in [0, 0.05) is 166 Å². The minimum Gasteiger partial charge on any atom is -0.481 e. The summed E-state index contributed by atoms with van der Waals surface area (Å²) in [5.41, 5.74) is -1.56. The lowest BCUT2D eigenvalue weighted by Gasteiger charge is -2.36. The monoisotopic (exact) mass is 1780 g/mol. The Balaban J connectivity index is -0.000000490. The molecule has 0 aliphatic carbocycles. The molecule has 124 heavy (non-hydrogen) atoms. The molecule has 0 aromatic rings. The number of ether oxygens (including phenoxy) is 9. The first-order chi connectivity index (χ1) is 56.6. The van der Waals surface area contributed by atoms with Gasteiger partial charge in [0.1, 0.15) is 0 Å². The van der Waals surface area contributed by atoms with E-state index in [1.165, 1.54) is 7.11 Å². The molecular formula is C94H195N11O19. The Bertz CT molecular complexity index is 2750. The fraction of sp³-hybridized carbons (Fsp3) is 0.926. The summed E-state index contributed by atoms with van der Waals surface area (Å²) in [5, 5.41) is 26.0. The smallest absolute Gasteiger partial charge is 0.305 e. The predicted molar refractivity (Wildman–Crippen MR) is 504 cm³/mol. The highest BCUT2D eigenvalue weighted by atomic mass is 16.6. The van der Waals surface area contributed by atoms with Crippen LogP contribution in [0.15, 0.2) is 0 Å². The van der Waals surface area contributed by atoms with Crippen molar-refractivity contribution in [2.75, 3.05) is 280 Å². The fourth-order valence-electron chi connectivity index (χ4n) is 10.5. The number of carboxylic acids is 1. The normalized spacial score (nSPS) is 12.6. The zero-order chi connectivity index (χ0) is 97.3. The van der Waals surface area contributed by atoms with Crippen molar-refractivity contribution in [2.45, 2.75) is 268 Å². The van der Waals surface area contributed by atoms with Crippen LogP contribution in [0.3, 0.4) is 0 Å². The van der Waals surface area contributed by atoms with Gasteiger partial charge in [-0.3, -0.25) is 58.1 Å². The molecule has 0 radical (unpaired) electrons. The number of amides is 5. The van der Waals surface area contributed by atoms with Gasteiger partial charge in [-0.2, -0.15) is 0 Å². The lowest BCUT2D eigenvalue weighted by Crippen LogP contribution is -2.47. The molecule has 0 bridgehead atoms. The van der Waals surface area contributed by atoms with Crippen molar-refractivity contribution < 1.29 is 91.5 Å². The van der Waals surface area contributed by atoms with Crippen molar-refractivity contribution in [1.82, 2.24) is 53.9 Å². The van der Waals surface area contributed by atoms with Gasteiger partial charge >= 0.3 is 11.9 Å². The van der Waals surface area contributed by atoms with Crippen LogP contribution in [-0.2, 0) is 76.2 Å². The van der Waals surface area contributed by atoms with Gasteiger partial charge in [0.25, 0.3) is 0 Å². The molecule has 0 aliphatic rings. The first-order valence-corrected chi connectivity index (χ1v) is 45.4. The van der Waals surface area contributed by atoms with E-state index >= 15 is 0 Å². The quantitative estimate of drug-likeness (QED) is 0.0376. The van der Waals surface area contributed by atoms with Crippen molar-refractivity contribution in [3.63, 3.8) is 0 Å². The van der Waals surface area contributed by atoms with Crippen LogP contribution in [0, 0.1) is 27.1 Å². The van der Waals surface area contributed by atoms with Crippen LogP contribution < -0.4 is 0 Å². The van der Waals surface area contributed by atoms with Gasteiger partial charge in [-0.15, -0.1) is 0 Å². The summed E-state index contributed by atoms with van der Waals surface area (Å²) in [6.45, 7) is 80.8. The third kappa shape index (κ3) is 70.5. The molecule has 0 fully saturated rings. The van der Waals surface area contributed by atoms with E-state index in [1.807, 2.05) is 131 Å². The molecule has 30 heteroatoms. The van der Waals surface area contributed by atoms with Crippen molar-refractivity contribution in [3.8, 4) is 0 Å². The predicted octanol–water partition coefficient (Wildman–Crippen LogP) is 10.8. The molecule has 0 heterocycles. The van der Waals surface area contributed by atoms with Gasteiger partial charge in [0.15, 0.2) is 0 Å². The van der Waals surface area contributed by atoms with Crippen LogP contribution >= 0.6 is 0 Å². The van der Waals surface area contributed by atoms with Gasteiger partial charge in [0.2, 0.25) is 29.5 Å². The molecule has 740 valence electrons. The molecule has 0 aromatic carbocycles. The van der Waals surface area contributed by atoms with Gasteiger partial charge < -0.3 is 87.4 Å². The van der Waals surface area contributed by atoms with Crippen molar-refractivity contribution in [1.29, 1.82) is 0 Å². The molecule has 0 atom stereocenters. The Kier molecular flexibility index (Phi) is 68.3. The molecule has 3 N–H and O–H groups in total. The first-order valence-electron chi connectivity index (χ1n) is 45.4. The van der Waals surface area contributed by atoms with Crippen molar-refractivity contribution in [3.05, 3.63) is 0 Å². The number of carboxylic acid groups (broad SMARTS) is 1. The average Bonchev–Trinajstić information content (AvgIpc) is 0.877. The SMILES string of the molecule is CN(C)CCCN(CCN(C)C(C)(C)C)C(=O)C(C)(C)C.CN(CCN(CCCC(=O)O)C(=O)C(C)(C)C)C(C)(C)C.CN(CCN(CCOCCO)C(=O)C(C)(C)C)C(C)(C)C.CN(CCN(CCOCCOCCOCCOCCOCCOCCOCCO)C(=O)C(C)(C)C)C(C)(C)C.COC(=O)CCCN(CCN(C)C(C)(C)C)C(=O)C(C)(C)C. The number of carbonyl (C=O) groups excluding carboxylic acids is 6. The third-order valence-corrected chi connectivity index (χ3v) is 20.5. The van der Waals surface area contributed by atoms with E-state index < -0.39 is 27.6 Å². The van der Waals surface area contributed by atoms with Crippen LogP contribution in [0.5, 0.6) is 0 Å². The Hall–Kier alpha value is -4.35. The maximum absolute atomic E-state index is 12.9. The molecule has 0 aromatic heterocycles. The highest BCUT2D eigenvalue weighted by molar-refractivity contribution is 5.83. The first kappa shape index (κ1) is 128. The molecule has 0 rings (SSSR count). The van der Waals surface area contributed by atoms with Crippen LogP contribution in [-0.4, -0.2) is 418 Å². The number of aliphatic hydroxyl groups is 2. The number of likely N-dealkylation sites (N-methyl/N-ethyl adjacent to an activating group) is 5. The minimum absolute atomic E-state index is 0.0139. The molecule has 0 aliphatic heterocycles. The van der Waals surface area contributed by atoms with E-state index in [1.54, 1.807) is 4.90 Å². The summed E-state index contributed by atoms with van der Waals surface area (Å²) in [4.78, 5) is 108. The van der Waals surface area contributed by atoms with Crippen molar-refractivity contribution in [2.24, 2.45) is 27.1 Å². The van der Waals surface area contributed by atoms with E-state index in [0.717, 1.165) is 58.8 Å². The Morgan fingerprint density at radius 1 is 0.234 bits per heavy atom. The Labute approximate surface area is 758 Å². The fourth-order valence-corrected chi connectivity index (χ4v) is 10.5. The lowest BCUT2D eigenvalue weighted by molar-refractivity contribution is -0.143. The second-order valence-corrected chi connectivity index (χ2v) is 42.4. The van der Waals surface area contributed by atoms with Crippen LogP contribution in [0.4, 0.5) is 0 Å². The van der Waals surface area contributed by atoms with E-state index in [-0.39, 0.29) is 88.2 Å². The van der Waals surface area contributed by atoms with Crippen molar-refractivity contribution >= 4 is 41.5 Å². The minimum atomic E-state index is -0.815. The molecule has 0 unspecified atom stereocenters. The summed E-state index contributed by atoms with van der Waals surface area (Å²) < 4.78 is 48.0. The zero-order valence-electron chi connectivity index (χ0n) is 86.9. The second-order valence-electron chi connectivity index (χ2n) is 42.4. The number of methoxy groups -OCH3 is 1. The topological polar surface area (TPSA) is 299 Å². The van der Waals surface area contributed by atoms with Gasteiger partial charge in [0.05, 0.1) is 126 Å². The summed E-state index contributed by atoms with van der Waals surface area (Å²) in [7, 11) is 15.9. The number of nitrogens with zero attached hydrogens (tertiary/aromatic N) is 11. The largest absolute Gasteiger partial charge is 0.481 e. The number of hydrogen-bond acceptors (Lipinski definition) is 24. The summed E-state index contributed by atoms with van der Waals surface area (Å²) in [6.07, 6.45) is 2.60. The van der Waals surface area contributed by atoms with E-state index in [0.29, 0.717) is 177 Å². The third-order valence-electron chi connectivity index (χ3n) is 20.5. The van der Waals surface area contributed by atoms with E-state index in [4.69, 9.17) is 53.2 Å². The Morgan fingerprint density at radius 3 is 0.605 bits per heavy atom. The number of aliphatic hydroxyl groups excluding tert-OH is 2. The number of carbonyl (C=O) groups is 7. The molecule has 0 saturated heterocycles. The zero-order valence-corrected chi connectivity index (χ0v) is 86.9. The maximum Gasteiger partial charge on any atom is 0.305 e. The average molecular weight is 1780 g/mol. The highest BCUT2D eigenvalue weighted by Crippen LogP contribution is 2.24. The van der Waals surface area contributed by atoms with E-state index in [9.17, 15) is 33.6 Å².